The van der Waals surface area contributed by atoms with Crippen LogP contribution < -0.4 is 10.6 Å². The van der Waals surface area contributed by atoms with Gasteiger partial charge in [0.2, 0.25) is 5.91 Å². The minimum atomic E-state index is -0.0950. The van der Waals surface area contributed by atoms with Crippen LogP contribution in [-0.2, 0) is 16.0 Å². The molecule has 1 aliphatic rings. The van der Waals surface area contributed by atoms with Gasteiger partial charge in [-0.15, -0.1) is 0 Å². The van der Waals surface area contributed by atoms with Gasteiger partial charge in [-0.3, -0.25) is 4.79 Å². The van der Waals surface area contributed by atoms with Gasteiger partial charge in [0.1, 0.15) is 0 Å². The summed E-state index contributed by atoms with van der Waals surface area (Å²) >= 11 is 1.69. The maximum atomic E-state index is 11.8. The number of methoxy groups -OCH3 is 1. The second kappa shape index (κ2) is 6.14. The lowest BCUT2D eigenvalue weighted by Gasteiger charge is -2.10. The molecule has 0 saturated carbocycles. The molecule has 2 heterocycles. The normalized spacial score (nSPS) is 23.8. The van der Waals surface area contributed by atoms with Gasteiger partial charge in [0, 0.05) is 20.2 Å². The van der Waals surface area contributed by atoms with Gasteiger partial charge in [0.05, 0.1) is 12.1 Å². The number of hydrogen-bond donors (Lipinski definition) is 2. The largest absolute Gasteiger partial charge is 0.380 e. The molecule has 0 aliphatic carbocycles. The van der Waals surface area contributed by atoms with E-state index in [-0.39, 0.29) is 18.1 Å². The van der Waals surface area contributed by atoms with Crippen molar-refractivity contribution in [1.29, 1.82) is 0 Å². The third-order valence-electron chi connectivity index (χ3n) is 3.03. The Morgan fingerprint density at radius 1 is 1.71 bits per heavy atom. The van der Waals surface area contributed by atoms with E-state index in [1.165, 1.54) is 5.56 Å². The Labute approximate surface area is 105 Å². The number of thiophene rings is 1. The first kappa shape index (κ1) is 12.5. The van der Waals surface area contributed by atoms with Gasteiger partial charge in [0.15, 0.2) is 0 Å². The first-order chi connectivity index (χ1) is 8.29. The third-order valence-corrected chi connectivity index (χ3v) is 3.77. The van der Waals surface area contributed by atoms with E-state index in [2.05, 4.69) is 27.5 Å². The van der Waals surface area contributed by atoms with Crippen LogP contribution in [0.15, 0.2) is 16.8 Å². The Kier molecular flexibility index (Phi) is 4.53. The molecular weight excluding hydrogens is 236 g/mol. The summed E-state index contributed by atoms with van der Waals surface area (Å²) in [4.78, 5) is 11.8. The molecule has 1 saturated heterocycles. The van der Waals surface area contributed by atoms with Gasteiger partial charge < -0.3 is 15.4 Å². The number of ether oxygens (including phenoxy) is 1. The molecule has 1 amide bonds. The number of nitrogens with one attached hydrogen (secondary N) is 2. The Bertz CT molecular complexity index is 353. The molecule has 94 valence electrons. The number of carbonyl (C=O) groups excluding carboxylic acids is 1. The highest BCUT2D eigenvalue weighted by molar-refractivity contribution is 7.07. The molecule has 1 aromatic rings. The van der Waals surface area contributed by atoms with E-state index in [0.717, 1.165) is 19.4 Å². The van der Waals surface area contributed by atoms with E-state index in [9.17, 15) is 4.79 Å². The lowest BCUT2D eigenvalue weighted by atomic mass is 10.2. The van der Waals surface area contributed by atoms with Gasteiger partial charge in [-0.05, 0) is 35.2 Å². The van der Waals surface area contributed by atoms with Crippen molar-refractivity contribution in [2.45, 2.75) is 25.0 Å². The van der Waals surface area contributed by atoms with Gasteiger partial charge in [-0.2, -0.15) is 11.3 Å². The highest BCUT2D eigenvalue weighted by Crippen LogP contribution is 2.09. The van der Waals surface area contributed by atoms with Crippen molar-refractivity contribution in [3.8, 4) is 0 Å². The molecule has 0 radical (unpaired) electrons. The average Bonchev–Trinajstić information content (AvgIpc) is 2.99. The van der Waals surface area contributed by atoms with Crippen LogP contribution >= 0.6 is 11.3 Å². The van der Waals surface area contributed by atoms with Gasteiger partial charge in [0.25, 0.3) is 0 Å². The quantitative estimate of drug-likeness (QED) is 0.816. The van der Waals surface area contributed by atoms with Crippen molar-refractivity contribution >= 4 is 17.2 Å². The third kappa shape index (κ3) is 3.52. The lowest BCUT2D eigenvalue weighted by molar-refractivity contribution is -0.122. The monoisotopic (exact) mass is 254 g/mol. The fraction of sp³-hybridized carbons (Fsp3) is 0.583. The first-order valence-electron chi connectivity index (χ1n) is 5.84. The molecule has 1 fully saturated rings. The SMILES string of the molecule is COC1CNC(C(=O)NCCc2ccsc2)C1. The zero-order chi connectivity index (χ0) is 12.1. The van der Waals surface area contributed by atoms with Crippen LogP contribution in [0.3, 0.4) is 0 Å². The van der Waals surface area contributed by atoms with Crippen LogP contribution in [0.1, 0.15) is 12.0 Å². The van der Waals surface area contributed by atoms with Crippen LogP contribution in [0.4, 0.5) is 0 Å². The van der Waals surface area contributed by atoms with Gasteiger partial charge in [-0.25, -0.2) is 0 Å². The molecule has 17 heavy (non-hydrogen) atoms. The van der Waals surface area contributed by atoms with Crippen molar-refractivity contribution in [2.24, 2.45) is 0 Å². The second-order valence-electron chi connectivity index (χ2n) is 4.23. The van der Waals surface area contributed by atoms with Crippen molar-refractivity contribution in [2.75, 3.05) is 20.2 Å². The van der Waals surface area contributed by atoms with Crippen molar-refractivity contribution < 1.29 is 9.53 Å². The molecule has 2 atom stereocenters. The molecule has 0 bridgehead atoms. The summed E-state index contributed by atoms with van der Waals surface area (Å²) in [6, 6.07) is 1.99. The van der Waals surface area contributed by atoms with Gasteiger partial charge in [-0.1, -0.05) is 0 Å². The maximum Gasteiger partial charge on any atom is 0.237 e. The fourth-order valence-corrected chi connectivity index (χ4v) is 2.67. The Morgan fingerprint density at radius 2 is 2.59 bits per heavy atom. The summed E-state index contributed by atoms with van der Waals surface area (Å²) in [6.07, 6.45) is 1.83. The van der Waals surface area contributed by atoms with E-state index < -0.39 is 0 Å². The fourth-order valence-electron chi connectivity index (χ4n) is 1.97. The number of rotatable bonds is 5. The molecule has 0 spiro atoms. The standard InChI is InChI=1S/C12H18N2O2S/c1-16-10-6-11(14-7-10)12(15)13-4-2-9-3-5-17-8-9/h3,5,8,10-11,14H,2,4,6-7H2,1H3,(H,13,15). The van der Waals surface area contributed by atoms with Crippen molar-refractivity contribution in [1.82, 2.24) is 10.6 Å². The topological polar surface area (TPSA) is 50.4 Å². The smallest absolute Gasteiger partial charge is 0.237 e. The molecule has 2 unspecified atom stereocenters. The first-order valence-corrected chi connectivity index (χ1v) is 6.79. The second-order valence-corrected chi connectivity index (χ2v) is 5.01. The highest BCUT2D eigenvalue weighted by Gasteiger charge is 2.28. The van der Waals surface area contributed by atoms with E-state index in [1.807, 2.05) is 0 Å². The molecule has 1 aromatic heterocycles. The molecule has 2 rings (SSSR count). The maximum absolute atomic E-state index is 11.8. The molecule has 4 nitrogen and oxygen atoms in total. The Balaban J connectivity index is 1.67. The zero-order valence-electron chi connectivity index (χ0n) is 9.94. The highest BCUT2D eigenvalue weighted by atomic mass is 32.1. The van der Waals surface area contributed by atoms with E-state index >= 15 is 0 Å². The molecule has 1 aliphatic heterocycles. The summed E-state index contributed by atoms with van der Waals surface area (Å²) in [5.41, 5.74) is 1.28. The van der Waals surface area contributed by atoms with Crippen LogP contribution in [0.25, 0.3) is 0 Å². The van der Waals surface area contributed by atoms with E-state index in [4.69, 9.17) is 4.74 Å². The zero-order valence-corrected chi connectivity index (χ0v) is 10.8. The number of carbonyl (C=O) groups is 1. The van der Waals surface area contributed by atoms with E-state index in [1.54, 1.807) is 18.4 Å². The van der Waals surface area contributed by atoms with E-state index in [0.29, 0.717) is 6.54 Å². The molecule has 2 N–H and O–H groups in total. The lowest BCUT2D eigenvalue weighted by Crippen LogP contribution is -2.41. The number of hydrogen-bond acceptors (Lipinski definition) is 4. The predicted octanol–water partition coefficient (Wildman–Crippen LogP) is 0.784. The van der Waals surface area contributed by atoms with Crippen LogP contribution in [0, 0.1) is 0 Å². The predicted molar refractivity (Wildman–Crippen MR) is 68.2 cm³/mol. The molecule has 0 aromatic carbocycles. The summed E-state index contributed by atoms with van der Waals surface area (Å²) in [5.74, 6) is 0.0831. The minimum absolute atomic E-state index is 0.0831. The summed E-state index contributed by atoms with van der Waals surface area (Å²) in [5, 5.41) is 10.3. The van der Waals surface area contributed by atoms with Crippen LogP contribution in [0.5, 0.6) is 0 Å². The minimum Gasteiger partial charge on any atom is -0.380 e. The summed E-state index contributed by atoms with van der Waals surface area (Å²) in [6.45, 7) is 1.46. The van der Waals surface area contributed by atoms with Gasteiger partial charge >= 0.3 is 0 Å². The van der Waals surface area contributed by atoms with Crippen LogP contribution in [0.2, 0.25) is 0 Å². The molecular formula is C12H18N2O2S. The summed E-state index contributed by atoms with van der Waals surface area (Å²) in [7, 11) is 1.68. The average molecular weight is 254 g/mol. The van der Waals surface area contributed by atoms with Crippen molar-refractivity contribution in [3.05, 3.63) is 22.4 Å². The summed E-state index contributed by atoms with van der Waals surface area (Å²) < 4.78 is 5.21. The molecule has 5 heteroatoms. The van der Waals surface area contributed by atoms with Crippen LogP contribution in [-0.4, -0.2) is 38.3 Å². The number of amides is 1. The Morgan fingerprint density at radius 3 is 3.24 bits per heavy atom. The van der Waals surface area contributed by atoms with Crippen molar-refractivity contribution in [3.63, 3.8) is 0 Å². The Hall–Kier alpha value is -0.910.